The van der Waals surface area contributed by atoms with E-state index in [1.807, 2.05) is 19.1 Å². The molecule has 0 saturated carbocycles. The van der Waals surface area contributed by atoms with Gasteiger partial charge in [0, 0.05) is 12.0 Å². The first-order valence-corrected chi connectivity index (χ1v) is 7.97. The summed E-state index contributed by atoms with van der Waals surface area (Å²) in [7, 11) is 0. The van der Waals surface area contributed by atoms with E-state index in [1.165, 1.54) is 0 Å². The van der Waals surface area contributed by atoms with Gasteiger partial charge in [0.1, 0.15) is 12.4 Å². The van der Waals surface area contributed by atoms with E-state index in [2.05, 4.69) is 20.8 Å². The molecule has 2 N–H and O–H groups in total. The Morgan fingerprint density at radius 1 is 1.27 bits per heavy atom. The number of ether oxygens (including phenoxy) is 1. The highest BCUT2D eigenvalue weighted by Crippen LogP contribution is 2.37. The average molecular weight is 308 g/mol. The SMILES string of the molecule is CCc1cc(CCC(=O)OCCO)cc(C(C)(C)CC)c1O. The Labute approximate surface area is 133 Å². The van der Waals surface area contributed by atoms with Gasteiger partial charge in [-0.2, -0.15) is 0 Å². The number of rotatable bonds is 8. The van der Waals surface area contributed by atoms with Gasteiger partial charge in [-0.3, -0.25) is 4.79 Å². The van der Waals surface area contributed by atoms with Crippen molar-refractivity contribution in [2.24, 2.45) is 0 Å². The second kappa shape index (κ2) is 8.18. The van der Waals surface area contributed by atoms with E-state index in [0.29, 0.717) is 12.2 Å². The summed E-state index contributed by atoms with van der Waals surface area (Å²) >= 11 is 0. The Balaban J connectivity index is 2.96. The maximum atomic E-state index is 11.6. The van der Waals surface area contributed by atoms with Crippen molar-refractivity contribution in [2.75, 3.05) is 13.2 Å². The molecular weight excluding hydrogens is 280 g/mol. The van der Waals surface area contributed by atoms with Gasteiger partial charge in [-0.15, -0.1) is 0 Å². The molecule has 0 unspecified atom stereocenters. The number of phenols is 1. The quantitative estimate of drug-likeness (QED) is 0.724. The molecule has 0 amide bonds. The van der Waals surface area contributed by atoms with Gasteiger partial charge in [0.25, 0.3) is 0 Å². The summed E-state index contributed by atoms with van der Waals surface area (Å²) in [4.78, 5) is 11.6. The minimum Gasteiger partial charge on any atom is -0.507 e. The molecule has 1 aromatic rings. The summed E-state index contributed by atoms with van der Waals surface area (Å²) < 4.78 is 4.87. The monoisotopic (exact) mass is 308 g/mol. The highest BCUT2D eigenvalue weighted by molar-refractivity contribution is 5.69. The zero-order chi connectivity index (χ0) is 16.8. The molecule has 0 aromatic heterocycles. The van der Waals surface area contributed by atoms with Crippen LogP contribution in [-0.2, 0) is 27.8 Å². The lowest BCUT2D eigenvalue weighted by atomic mass is 9.79. The third-order valence-corrected chi connectivity index (χ3v) is 4.21. The molecule has 1 aromatic carbocycles. The number of phenolic OH excluding ortho intramolecular Hbond substituents is 1. The van der Waals surface area contributed by atoms with Gasteiger partial charge in [-0.25, -0.2) is 0 Å². The molecule has 4 heteroatoms. The van der Waals surface area contributed by atoms with Gasteiger partial charge in [0.2, 0.25) is 0 Å². The Morgan fingerprint density at radius 3 is 2.50 bits per heavy atom. The van der Waals surface area contributed by atoms with Crippen LogP contribution in [0.1, 0.15) is 57.2 Å². The van der Waals surface area contributed by atoms with E-state index in [4.69, 9.17) is 9.84 Å². The summed E-state index contributed by atoms with van der Waals surface area (Å²) in [5.74, 6) is 0.0671. The molecule has 22 heavy (non-hydrogen) atoms. The summed E-state index contributed by atoms with van der Waals surface area (Å²) in [6, 6.07) is 3.96. The molecule has 0 atom stereocenters. The van der Waals surface area contributed by atoms with Crippen LogP contribution in [0.25, 0.3) is 0 Å². The Kier molecular flexibility index (Phi) is 6.88. The van der Waals surface area contributed by atoms with Crippen molar-refractivity contribution in [3.63, 3.8) is 0 Å². The zero-order valence-electron chi connectivity index (χ0n) is 14.1. The first kappa shape index (κ1) is 18.5. The summed E-state index contributed by atoms with van der Waals surface area (Å²) in [6.07, 6.45) is 2.53. The standard InChI is InChI=1S/C18H28O4/c1-5-14-11-13(7-8-16(20)22-10-9-19)12-15(17(14)21)18(3,4)6-2/h11-12,19,21H,5-10H2,1-4H3. The minimum atomic E-state index is -0.309. The van der Waals surface area contributed by atoms with Crippen LogP contribution in [0.2, 0.25) is 0 Å². The van der Waals surface area contributed by atoms with Crippen molar-refractivity contribution in [2.45, 2.75) is 58.8 Å². The summed E-state index contributed by atoms with van der Waals surface area (Å²) in [6.45, 7) is 8.23. The van der Waals surface area contributed by atoms with Crippen molar-refractivity contribution in [1.29, 1.82) is 0 Å². The number of aryl methyl sites for hydroxylation is 2. The number of benzene rings is 1. The Bertz CT molecular complexity index is 506. The van der Waals surface area contributed by atoms with Crippen molar-refractivity contribution in [3.8, 4) is 5.75 Å². The van der Waals surface area contributed by atoms with E-state index >= 15 is 0 Å². The second-order valence-electron chi connectivity index (χ2n) is 6.19. The molecule has 0 radical (unpaired) electrons. The number of aliphatic hydroxyl groups excluding tert-OH is 1. The van der Waals surface area contributed by atoms with E-state index in [1.54, 1.807) is 0 Å². The molecule has 0 saturated heterocycles. The van der Waals surface area contributed by atoms with Gasteiger partial charge in [-0.05, 0) is 35.8 Å². The van der Waals surface area contributed by atoms with E-state index in [-0.39, 0.29) is 31.0 Å². The highest BCUT2D eigenvalue weighted by Gasteiger charge is 2.24. The van der Waals surface area contributed by atoms with Gasteiger partial charge in [0.05, 0.1) is 6.61 Å². The molecule has 124 valence electrons. The predicted octanol–water partition coefficient (Wildman–Crippen LogP) is 3.11. The number of hydrogen-bond acceptors (Lipinski definition) is 4. The molecule has 0 aliphatic carbocycles. The fraction of sp³-hybridized carbons (Fsp3) is 0.611. The van der Waals surface area contributed by atoms with E-state index in [9.17, 15) is 9.90 Å². The maximum absolute atomic E-state index is 11.6. The van der Waals surface area contributed by atoms with Crippen molar-refractivity contribution in [3.05, 3.63) is 28.8 Å². The lowest BCUT2D eigenvalue weighted by Gasteiger charge is -2.26. The lowest BCUT2D eigenvalue weighted by molar-refractivity contribution is -0.144. The van der Waals surface area contributed by atoms with Crippen LogP contribution in [-0.4, -0.2) is 29.4 Å². The van der Waals surface area contributed by atoms with Crippen molar-refractivity contribution in [1.82, 2.24) is 0 Å². The third kappa shape index (κ3) is 4.73. The number of carbonyl (C=O) groups excluding carboxylic acids is 1. The van der Waals surface area contributed by atoms with Crippen LogP contribution in [0.3, 0.4) is 0 Å². The molecule has 4 nitrogen and oxygen atoms in total. The Morgan fingerprint density at radius 2 is 1.95 bits per heavy atom. The lowest BCUT2D eigenvalue weighted by Crippen LogP contribution is -2.17. The number of hydrogen-bond donors (Lipinski definition) is 2. The molecular formula is C18H28O4. The molecule has 0 aliphatic rings. The van der Waals surface area contributed by atoms with Crippen molar-refractivity contribution >= 4 is 5.97 Å². The number of aromatic hydroxyl groups is 1. The number of aliphatic hydroxyl groups is 1. The topological polar surface area (TPSA) is 66.8 Å². The zero-order valence-corrected chi connectivity index (χ0v) is 14.1. The first-order valence-electron chi connectivity index (χ1n) is 7.97. The highest BCUT2D eigenvalue weighted by atomic mass is 16.5. The number of carbonyl (C=O) groups is 1. The number of esters is 1. The van der Waals surface area contributed by atoms with Crippen molar-refractivity contribution < 1.29 is 19.7 Å². The summed E-state index contributed by atoms with van der Waals surface area (Å²) in [5.41, 5.74) is 2.78. The van der Waals surface area contributed by atoms with Gasteiger partial charge in [-0.1, -0.05) is 39.8 Å². The van der Waals surface area contributed by atoms with Crippen LogP contribution in [0.4, 0.5) is 0 Å². The van der Waals surface area contributed by atoms with Gasteiger partial charge < -0.3 is 14.9 Å². The fourth-order valence-corrected chi connectivity index (χ4v) is 2.36. The van der Waals surface area contributed by atoms with Crippen LogP contribution in [0, 0.1) is 0 Å². The molecule has 0 bridgehead atoms. The minimum absolute atomic E-state index is 0.0444. The molecule has 0 fully saturated rings. The third-order valence-electron chi connectivity index (χ3n) is 4.21. The average Bonchev–Trinajstić information content (AvgIpc) is 2.51. The van der Waals surface area contributed by atoms with Crippen LogP contribution in [0.15, 0.2) is 12.1 Å². The first-order chi connectivity index (χ1) is 10.4. The smallest absolute Gasteiger partial charge is 0.306 e. The van der Waals surface area contributed by atoms with Gasteiger partial charge in [0.15, 0.2) is 0 Å². The van der Waals surface area contributed by atoms with Crippen LogP contribution in [0.5, 0.6) is 5.75 Å². The van der Waals surface area contributed by atoms with Crippen LogP contribution >= 0.6 is 0 Å². The summed E-state index contributed by atoms with van der Waals surface area (Å²) in [5, 5.41) is 19.1. The van der Waals surface area contributed by atoms with E-state index in [0.717, 1.165) is 29.5 Å². The predicted molar refractivity (Wildman–Crippen MR) is 87.2 cm³/mol. The fourth-order valence-electron chi connectivity index (χ4n) is 2.36. The molecule has 1 rings (SSSR count). The normalized spacial score (nSPS) is 11.5. The van der Waals surface area contributed by atoms with E-state index < -0.39 is 0 Å². The van der Waals surface area contributed by atoms with Crippen LogP contribution < -0.4 is 0 Å². The molecule has 0 spiro atoms. The Hall–Kier alpha value is -1.55. The largest absolute Gasteiger partial charge is 0.507 e. The maximum Gasteiger partial charge on any atom is 0.306 e. The molecule has 0 aliphatic heterocycles. The molecule has 0 heterocycles. The van der Waals surface area contributed by atoms with Gasteiger partial charge >= 0.3 is 5.97 Å². The second-order valence-corrected chi connectivity index (χ2v) is 6.19.